The summed E-state index contributed by atoms with van der Waals surface area (Å²) in [5.41, 5.74) is 0.515. The molecule has 0 bridgehead atoms. The Bertz CT molecular complexity index is 616. The minimum Gasteiger partial charge on any atom is -0.487 e. The van der Waals surface area contributed by atoms with Crippen molar-refractivity contribution >= 4 is 12.6 Å². The first-order valence-corrected chi connectivity index (χ1v) is 7.96. The second-order valence-corrected chi connectivity index (χ2v) is 7.06. The van der Waals surface area contributed by atoms with Crippen LogP contribution in [0.2, 0.25) is 0 Å². The van der Waals surface area contributed by atoms with Crippen molar-refractivity contribution in [3.63, 3.8) is 0 Å². The average Bonchev–Trinajstić information content (AvgIpc) is 3.06. The van der Waals surface area contributed by atoms with E-state index in [0.717, 1.165) is 11.9 Å². The molecule has 2 aliphatic rings. The van der Waals surface area contributed by atoms with Gasteiger partial charge in [0, 0.05) is 6.42 Å². The molecule has 1 aromatic rings. The van der Waals surface area contributed by atoms with Crippen LogP contribution in [0.4, 0.5) is 0 Å². The fourth-order valence-electron chi connectivity index (χ4n) is 2.65. The van der Waals surface area contributed by atoms with E-state index in [2.05, 4.69) is 6.07 Å². The highest BCUT2D eigenvalue weighted by Crippen LogP contribution is 2.36. The van der Waals surface area contributed by atoms with Crippen LogP contribution in [-0.2, 0) is 14.0 Å². The van der Waals surface area contributed by atoms with Crippen LogP contribution in [0.3, 0.4) is 0 Å². The topological polar surface area (TPSA) is 60.7 Å². The average molecular weight is 315 g/mol. The zero-order valence-corrected chi connectivity index (χ0v) is 14.1. The third kappa shape index (κ3) is 3.09. The van der Waals surface area contributed by atoms with Gasteiger partial charge < -0.3 is 18.8 Å². The highest BCUT2D eigenvalue weighted by Gasteiger charge is 2.51. The first-order chi connectivity index (χ1) is 10.8. The summed E-state index contributed by atoms with van der Waals surface area (Å²) in [5, 5.41) is 9.42. The van der Waals surface area contributed by atoms with Gasteiger partial charge in [0.25, 0.3) is 0 Å². The summed E-state index contributed by atoms with van der Waals surface area (Å²) < 4.78 is 23.2. The molecule has 2 saturated heterocycles. The van der Waals surface area contributed by atoms with Gasteiger partial charge in [-0.05, 0) is 45.3 Å². The van der Waals surface area contributed by atoms with E-state index >= 15 is 0 Å². The Kier molecular flexibility index (Phi) is 4.13. The van der Waals surface area contributed by atoms with Gasteiger partial charge in [-0.1, -0.05) is 6.07 Å². The van der Waals surface area contributed by atoms with Gasteiger partial charge in [0.1, 0.15) is 17.9 Å². The molecule has 0 spiro atoms. The number of nitriles is 1. The van der Waals surface area contributed by atoms with Crippen LogP contribution in [0, 0.1) is 11.3 Å². The Balaban J connectivity index is 1.81. The molecule has 1 atom stereocenters. The van der Waals surface area contributed by atoms with Gasteiger partial charge in [-0.2, -0.15) is 5.26 Å². The molecule has 2 heterocycles. The summed E-state index contributed by atoms with van der Waals surface area (Å²) in [5.74, 6) is 0.586. The van der Waals surface area contributed by atoms with Crippen molar-refractivity contribution < 1.29 is 18.8 Å². The van der Waals surface area contributed by atoms with Gasteiger partial charge in [-0.15, -0.1) is 0 Å². The maximum absolute atomic E-state index is 9.42. The second kappa shape index (κ2) is 5.83. The minimum absolute atomic E-state index is 0.0183. The lowest BCUT2D eigenvalue weighted by Gasteiger charge is -2.32. The summed E-state index contributed by atoms with van der Waals surface area (Å²) in [6, 6.07) is 7.70. The zero-order chi connectivity index (χ0) is 16.7. The molecule has 3 rings (SSSR count). The Morgan fingerprint density at radius 1 is 1.22 bits per heavy atom. The number of hydrogen-bond acceptors (Lipinski definition) is 5. The zero-order valence-electron chi connectivity index (χ0n) is 14.1. The maximum Gasteiger partial charge on any atom is 0.494 e. The van der Waals surface area contributed by atoms with Crippen molar-refractivity contribution in [2.45, 2.75) is 51.4 Å². The summed E-state index contributed by atoms with van der Waals surface area (Å²) in [6.45, 7) is 9.32. The third-order valence-corrected chi connectivity index (χ3v) is 4.83. The lowest BCUT2D eigenvalue weighted by Crippen LogP contribution is -2.41. The van der Waals surface area contributed by atoms with Crippen LogP contribution < -0.4 is 10.2 Å². The van der Waals surface area contributed by atoms with Crippen molar-refractivity contribution in [3.8, 4) is 11.8 Å². The van der Waals surface area contributed by atoms with E-state index in [-0.39, 0.29) is 6.10 Å². The molecule has 0 radical (unpaired) electrons. The highest BCUT2D eigenvalue weighted by molar-refractivity contribution is 6.62. The lowest BCUT2D eigenvalue weighted by atomic mass is 9.78. The molecular weight excluding hydrogens is 293 g/mol. The minimum atomic E-state index is -0.476. The summed E-state index contributed by atoms with van der Waals surface area (Å²) in [6.07, 6.45) is 0.869. The quantitative estimate of drug-likeness (QED) is 0.799. The summed E-state index contributed by atoms with van der Waals surface area (Å²) >= 11 is 0. The molecule has 1 aromatic carbocycles. The standard InChI is InChI=1S/C17H22BNO4/c1-16(2)17(3,4)23-18(22-16)13-5-6-15(12(9-13)10-19)21-14-7-8-20-11-14/h5-6,9,14H,7-8,11H2,1-4H3/t14-/m1/s1. The van der Waals surface area contributed by atoms with E-state index < -0.39 is 18.3 Å². The third-order valence-electron chi connectivity index (χ3n) is 4.83. The number of benzene rings is 1. The maximum atomic E-state index is 9.42. The summed E-state index contributed by atoms with van der Waals surface area (Å²) in [7, 11) is -0.476. The molecule has 0 saturated carbocycles. The molecule has 0 aromatic heterocycles. The van der Waals surface area contributed by atoms with Crippen molar-refractivity contribution in [2.75, 3.05) is 13.2 Å². The Labute approximate surface area is 137 Å². The fraction of sp³-hybridized carbons (Fsp3) is 0.588. The number of nitrogens with zero attached hydrogens (tertiary/aromatic N) is 1. The summed E-state index contributed by atoms with van der Waals surface area (Å²) in [4.78, 5) is 0. The predicted molar refractivity (Wildman–Crippen MR) is 86.7 cm³/mol. The van der Waals surface area contributed by atoms with Gasteiger partial charge in [0.15, 0.2) is 0 Å². The number of rotatable bonds is 3. The molecule has 0 N–H and O–H groups in total. The first-order valence-electron chi connectivity index (χ1n) is 7.96. The van der Waals surface area contributed by atoms with Gasteiger partial charge >= 0.3 is 7.12 Å². The predicted octanol–water partition coefficient (Wildman–Crippen LogP) is 2.03. The Hall–Kier alpha value is -1.55. The smallest absolute Gasteiger partial charge is 0.487 e. The molecule has 2 aliphatic heterocycles. The van der Waals surface area contributed by atoms with E-state index in [9.17, 15) is 5.26 Å². The molecule has 23 heavy (non-hydrogen) atoms. The van der Waals surface area contributed by atoms with Crippen molar-refractivity contribution in [3.05, 3.63) is 23.8 Å². The molecule has 122 valence electrons. The number of ether oxygens (including phenoxy) is 2. The van der Waals surface area contributed by atoms with Gasteiger partial charge in [-0.3, -0.25) is 0 Å². The van der Waals surface area contributed by atoms with E-state index in [1.54, 1.807) is 6.07 Å². The van der Waals surface area contributed by atoms with Crippen LogP contribution in [-0.4, -0.2) is 37.6 Å². The molecule has 5 nitrogen and oxygen atoms in total. The second-order valence-electron chi connectivity index (χ2n) is 7.06. The molecule has 2 fully saturated rings. The van der Waals surface area contributed by atoms with E-state index in [1.165, 1.54) is 0 Å². The highest BCUT2D eigenvalue weighted by atomic mass is 16.7. The molecule has 0 unspecified atom stereocenters. The Morgan fingerprint density at radius 3 is 2.48 bits per heavy atom. The van der Waals surface area contributed by atoms with Crippen molar-refractivity contribution in [2.24, 2.45) is 0 Å². The van der Waals surface area contributed by atoms with Crippen molar-refractivity contribution in [1.29, 1.82) is 5.26 Å². The largest absolute Gasteiger partial charge is 0.494 e. The van der Waals surface area contributed by atoms with Crippen LogP contribution in [0.5, 0.6) is 5.75 Å². The molecule has 0 aliphatic carbocycles. The fourth-order valence-corrected chi connectivity index (χ4v) is 2.65. The normalized spacial score (nSPS) is 25.3. The monoisotopic (exact) mass is 315 g/mol. The van der Waals surface area contributed by atoms with Crippen LogP contribution >= 0.6 is 0 Å². The molecule has 0 amide bonds. The van der Waals surface area contributed by atoms with Gasteiger partial charge in [0.2, 0.25) is 0 Å². The molecule has 6 heteroatoms. The first kappa shape index (κ1) is 16.3. The lowest BCUT2D eigenvalue weighted by molar-refractivity contribution is 0.00578. The van der Waals surface area contributed by atoms with Gasteiger partial charge in [-0.25, -0.2) is 0 Å². The SMILES string of the molecule is CC1(C)OB(c2ccc(O[C@@H]3CCOC3)c(C#N)c2)OC1(C)C. The molecular formula is C17H22BNO4. The van der Waals surface area contributed by atoms with Gasteiger partial charge in [0.05, 0.1) is 30.0 Å². The van der Waals surface area contributed by atoms with E-state index in [4.69, 9.17) is 18.8 Å². The van der Waals surface area contributed by atoms with E-state index in [0.29, 0.717) is 24.5 Å². The van der Waals surface area contributed by atoms with E-state index in [1.807, 2.05) is 39.8 Å². The van der Waals surface area contributed by atoms with Crippen LogP contribution in [0.15, 0.2) is 18.2 Å². The van der Waals surface area contributed by atoms with Crippen molar-refractivity contribution in [1.82, 2.24) is 0 Å². The van der Waals surface area contributed by atoms with Crippen LogP contribution in [0.25, 0.3) is 0 Å². The Morgan fingerprint density at radius 2 is 1.91 bits per heavy atom. The van der Waals surface area contributed by atoms with Crippen LogP contribution in [0.1, 0.15) is 39.7 Å². The number of hydrogen-bond donors (Lipinski definition) is 0.